The average molecular weight is 414 g/mol. The minimum atomic E-state index is -0.0943. The molecule has 0 amide bonds. The molecule has 158 valence electrons. The number of aliphatic imine (C=N–C) groups is 1. The molecule has 7 rings (SSSR count). The summed E-state index contributed by atoms with van der Waals surface area (Å²) in [5.74, 6) is 2.63. The van der Waals surface area contributed by atoms with E-state index in [1.54, 1.807) is 12.3 Å². The van der Waals surface area contributed by atoms with Crippen LogP contribution in [0.25, 0.3) is 10.8 Å². The molecule has 0 spiro atoms. The summed E-state index contributed by atoms with van der Waals surface area (Å²) in [5.41, 5.74) is 2.48. The van der Waals surface area contributed by atoms with Gasteiger partial charge in [-0.1, -0.05) is 30.3 Å². The Hall–Kier alpha value is -2.95. The number of ketones is 1. The van der Waals surface area contributed by atoms with E-state index in [9.17, 15) is 9.90 Å². The summed E-state index contributed by atoms with van der Waals surface area (Å²) < 4.78 is 0. The molecule has 4 saturated carbocycles. The van der Waals surface area contributed by atoms with Crippen molar-refractivity contribution >= 4 is 22.8 Å². The topological polar surface area (TPSA) is 78.3 Å². The summed E-state index contributed by atoms with van der Waals surface area (Å²) in [5, 5.41) is 19.8. The Morgan fingerprint density at radius 1 is 1.10 bits per heavy atom. The van der Waals surface area contributed by atoms with Crippen molar-refractivity contribution < 1.29 is 9.90 Å². The Balaban J connectivity index is 1.20. The number of aromatic amines is 1. The molecular weight excluding hydrogens is 386 g/mol. The average Bonchev–Trinajstić information content (AvgIpc) is 3.26. The van der Waals surface area contributed by atoms with Gasteiger partial charge < -0.3 is 5.11 Å². The van der Waals surface area contributed by atoms with Crippen LogP contribution < -0.4 is 0 Å². The van der Waals surface area contributed by atoms with Crippen molar-refractivity contribution in [3.63, 3.8) is 0 Å². The molecule has 1 heterocycles. The fourth-order valence-corrected chi connectivity index (χ4v) is 6.90. The zero-order chi connectivity index (χ0) is 21.0. The van der Waals surface area contributed by atoms with E-state index < -0.39 is 0 Å². The molecule has 4 aliphatic rings. The number of hydrogen-bond acceptors (Lipinski definition) is 4. The highest BCUT2D eigenvalue weighted by Crippen LogP contribution is 2.60. The molecule has 1 aromatic heterocycles. The molecule has 3 aromatic rings. The first-order valence-corrected chi connectivity index (χ1v) is 11.4. The predicted molar refractivity (Wildman–Crippen MR) is 121 cm³/mol. The molecule has 5 nitrogen and oxygen atoms in total. The van der Waals surface area contributed by atoms with Crippen LogP contribution in [0.3, 0.4) is 0 Å². The van der Waals surface area contributed by atoms with Crippen LogP contribution in [-0.2, 0) is 5.41 Å². The van der Waals surface area contributed by atoms with Crippen molar-refractivity contribution in [2.75, 3.05) is 6.54 Å². The number of H-pyrrole nitrogens is 1. The standard InChI is InChI=1S/C26H27N3O2/c30-23-6-5-19-3-1-2-4-20(19)21(23)14-27-15-24(31)22-10-25(29-28-22)26-11-16-7-17(12-26)9-18(8-16)13-26/h1-6,10,14,16-18,30H,7-9,11-13,15H2,(H,28,29). The molecular formula is C26H27N3O2. The Labute approximate surface area is 181 Å². The summed E-state index contributed by atoms with van der Waals surface area (Å²) in [6.07, 6.45) is 9.52. The smallest absolute Gasteiger partial charge is 0.204 e. The van der Waals surface area contributed by atoms with Crippen molar-refractivity contribution in [2.24, 2.45) is 22.7 Å². The van der Waals surface area contributed by atoms with Crippen LogP contribution in [0.4, 0.5) is 0 Å². The van der Waals surface area contributed by atoms with E-state index in [0.29, 0.717) is 11.3 Å². The van der Waals surface area contributed by atoms with E-state index in [1.807, 2.05) is 36.4 Å². The van der Waals surface area contributed by atoms with Crippen molar-refractivity contribution in [2.45, 2.75) is 43.9 Å². The van der Waals surface area contributed by atoms with Crippen molar-refractivity contribution in [1.29, 1.82) is 0 Å². The van der Waals surface area contributed by atoms with Crippen LogP contribution in [0.1, 0.15) is 60.3 Å². The Kier molecular flexibility index (Phi) is 4.27. The third kappa shape index (κ3) is 3.18. The summed E-state index contributed by atoms with van der Waals surface area (Å²) in [4.78, 5) is 17.1. The SMILES string of the molecule is O=C(CN=Cc1c(O)ccc2ccccc12)c1cc(C23CC4CC(CC(C4)C2)C3)[nH]n1. The maximum atomic E-state index is 12.8. The summed E-state index contributed by atoms with van der Waals surface area (Å²) in [6.45, 7) is 0.0217. The predicted octanol–water partition coefficient (Wildman–Crippen LogP) is 5.04. The number of aromatic hydroxyl groups is 1. The number of phenolic OH excluding ortho intramolecular Hbond substituents is 1. The number of hydrogen-bond donors (Lipinski definition) is 2. The molecule has 0 unspecified atom stereocenters. The van der Waals surface area contributed by atoms with E-state index in [1.165, 1.54) is 38.5 Å². The maximum absolute atomic E-state index is 12.8. The number of aromatic nitrogens is 2. The van der Waals surface area contributed by atoms with E-state index in [4.69, 9.17) is 0 Å². The molecule has 0 atom stereocenters. The lowest BCUT2D eigenvalue weighted by Gasteiger charge is -2.56. The highest BCUT2D eigenvalue weighted by molar-refractivity contribution is 6.03. The summed E-state index contributed by atoms with van der Waals surface area (Å²) >= 11 is 0. The summed E-state index contributed by atoms with van der Waals surface area (Å²) in [6, 6.07) is 13.4. The van der Waals surface area contributed by atoms with E-state index in [-0.39, 0.29) is 23.5 Å². The molecule has 0 radical (unpaired) electrons. The van der Waals surface area contributed by atoms with Gasteiger partial charge in [0.15, 0.2) is 0 Å². The van der Waals surface area contributed by atoms with Gasteiger partial charge >= 0.3 is 0 Å². The van der Waals surface area contributed by atoms with Crippen LogP contribution in [-0.4, -0.2) is 33.8 Å². The molecule has 0 saturated heterocycles. The Bertz CT molecular complexity index is 1160. The number of carbonyl (C=O) groups is 1. The lowest BCUT2D eigenvalue weighted by Crippen LogP contribution is -2.48. The molecule has 2 N–H and O–H groups in total. The number of fused-ring (bicyclic) bond motifs is 1. The van der Waals surface area contributed by atoms with Crippen molar-refractivity contribution in [1.82, 2.24) is 10.2 Å². The maximum Gasteiger partial charge on any atom is 0.204 e. The van der Waals surface area contributed by atoms with Crippen molar-refractivity contribution in [3.05, 3.63) is 59.4 Å². The van der Waals surface area contributed by atoms with E-state index >= 15 is 0 Å². The second kappa shape index (κ2) is 7.04. The number of carbonyl (C=O) groups excluding carboxylic acids is 1. The number of rotatable bonds is 5. The lowest BCUT2D eigenvalue weighted by molar-refractivity contribution is -0.00721. The van der Waals surface area contributed by atoms with Crippen LogP contribution in [0.2, 0.25) is 0 Å². The van der Waals surface area contributed by atoms with Gasteiger partial charge in [-0.2, -0.15) is 5.10 Å². The van der Waals surface area contributed by atoms with Gasteiger partial charge in [-0.15, -0.1) is 0 Å². The number of benzene rings is 2. The van der Waals surface area contributed by atoms with Gasteiger partial charge in [-0.25, -0.2) is 0 Å². The molecule has 4 bridgehead atoms. The minimum absolute atomic E-state index is 0.0217. The largest absolute Gasteiger partial charge is 0.507 e. The second-order valence-electron chi connectivity index (χ2n) is 9.98. The number of Topliss-reactive ketones (excluding diaryl/α,β-unsaturated/α-hetero) is 1. The van der Waals surface area contributed by atoms with E-state index in [2.05, 4.69) is 15.2 Å². The van der Waals surface area contributed by atoms with E-state index in [0.717, 1.165) is 34.2 Å². The third-order valence-electron chi connectivity index (χ3n) is 7.88. The van der Waals surface area contributed by atoms with Gasteiger partial charge in [0, 0.05) is 22.9 Å². The summed E-state index contributed by atoms with van der Waals surface area (Å²) in [7, 11) is 0. The lowest BCUT2D eigenvalue weighted by atomic mass is 9.49. The highest BCUT2D eigenvalue weighted by Gasteiger charge is 2.52. The highest BCUT2D eigenvalue weighted by atomic mass is 16.3. The molecule has 4 fully saturated rings. The second-order valence-corrected chi connectivity index (χ2v) is 9.98. The zero-order valence-corrected chi connectivity index (χ0v) is 17.6. The van der Waals surface area contributed by atoms with Crippen LogP contribution in [0.5, 0.6) is 5.75 Å². The molecule has 0 aliphatic heterocycles. The minimum Gasteiger partial charge on any atom is -0.507 e. The number of nitrogens with zero attached hydrogens (tertiary/aromatic N) is 2. The third-order valence-corrected chi connectivity index (χ3v) is 7.88. The van der Waals surface area contributed by atoms with Crippen molar-refractivity contribution in [3.8, 4) is 5.75 Å². The first-order valence-electron chi connectivity index (χ1n) is 11.4. The molecule has 31 heavy (non-hydrogen) atoms. The Morgan fingerprint density at radius 2 is 1.81 bits per heavy atom. The fraction of sp³-hybridized carbons (Fsp3) is 0.423. The molecule has 2 aromatic carbocycles. The first kappa shape index (κ1) is 18.8. The number of nitrogens with one attached hydrogen (secondary N) is 1. The van der Waals surface area contributed by atoms with Gasteiger partial charge in [0.2, 0.25) is 5.78 Å². The normalized spacial score (nSPS) is 29.2. The van der Waals surface area contributed by atoms with Gasteiger partial charge in [-0.05, 0) is 79.2 Å². The molecule has 5 heteroatoms. The first-order chi connectivity index (χ1) is 15.1. The Morgan fingerprint density at radius 3 is 2.55 bits per heavy atom. The van der Waals surface area contributed by atoms with Gasteiger partial charge in [0.1, 0.15) is 18.0 Å². The number of phenols is 1. The van der Waals surface area contributed by atoms with Crippen LogP contribution in [0.15, 0.2) is 47.5 Å². The molecule has 4 aliphatic carbocycles. The zero-order valence-electron chi connectivity index (χ0n) is 17.6. The fourth-order valence-electron chi connectivity index (χ4n) is 6.90. The monoisotopic (exact) mass is 413 g/mol. The quantitative estimate of drug-likeness (QED) is 0.454. The van der Waals surface area contributed by atoms with Gasteiger partial charge in [-0.3, -0.25) is 14.9 Å². The van der Waals surface area contributed by atoms with Crippen LogP contribution >= 0.6 is 0 Å². The van der Waals surface area contributed by atoms with Gasteiger partial charge in [0.25, 0.3) is 0 Å². The van der Waals surface area contributed by atoms with Gasteiger partial charge in [0.05, 0.1) is 0 Å². The van der Waals surface area contributed by atoms with Crippen LogP contribution in [0, 0.1) is 17.8 Å².